The van der Waals surface area contributed by atoms with Gasteiger partial charge in [-0.15, -0.1) is 0 Å². The van der Waals surface area contributed by atoms with Crippen LogP contribution in [-0.4, -0.2) is 24.6 Å². The summed E-state index contributed by atoms with van der Waals surface area (Å²) in [6, 6.07) is 1.32. The molecule has 0 radical (unpaired) electrons. The number of nitrogens with zero attached hydrogens (tertiary/aromatic N) is 2. The molecule has 0 spiro atoms. The molecule has 2 atom stereocenters. The van der Waals surface area contributed by atoms with Gasteiger partial charge in [0.1, 0.15) is 6.26 Å². The van der Waals surface area contributed by atoms with E-state index in [4.69, 9.17) is 4.42 Å². The predicted octanol–water partition coefficient (Wildman–Crippen LogP) is 1.63. The average Bonchev–Trinajstić information content (AvgIpc) is 2.73. The quantitative estimate of drug-likeness (QED) is 0.821. The molecule has 4 nitrogen and oxygen atoms in total. The maximum absolute atomic E-state index is 5.49. The Labute approximate surface area is 90.7 Å². The van der Waals surface area contributed by atoms with Gasteiger partial charge in [0.2, 0.25) is 0 Å². The molecule has 0 aromatic carbocycles. The third kappa shape index (κ3) is 2.15. The lowest BCUT2D eigenvalue weighted by atomic mass is 10.1. The highest BCUT2D eigenvalue weighted by Gasteiger charge is 2.29. The Bertz CT molecular complexity index is 323. The lowest BCUT2D eigenvalue weighted by Gasteiger charge is -2.18. The lowest BCUT2D eigenvalue weighted by Crippen LogP contribution is -2.26. The van der Waals surface area contributed by atoms with Crippen molar-refractivity contribution >= 4 is 6.01 Å². The van der Waals surface area contributed by atoms with Gasteiger partial charge in [-0.3, -0.25) is 0 Å². The first-order valence-corrected chi connectivity index (χ1v) is 5.56. The van der Waals surface area contributed by atoms with E-state index in [0.29, 0.717) is 6.04 Å². The zero-order chi connectivity index (χ0) is 10.8. The van der Waals surface area contributed by atoms with Gasteiger partial charge in [0.05, 0.1) is 5.69 Å². The minimum absolute atomic E-state index is 0.543. The number of hydrogen-bond donors (Lipinski definition) is 1. The Kier molecular flexibility index (Phi) is 2.95. The number of oxazole rings is 1. The van der Waals surface area contributed by atoms with Crippen molar-refractivity contribution in [3.05, 3.63) is 12.0 Å². The second kappa shape index (κ2) is 4.23. The number of hydrogen-bond acceptors (Lipinski definition) is 4. The van der Waals surface area contributed by atoms with Crippen LogP contribution in [0.3, 0.4) is 0 Å². The summed E-state index contributed by atoms with van der Waals surface area (Å²) in [5.41, 5.74) is 0.972. The number of rotatable bonds is 3. The molecule has 1 fully saturated rings. The second-order valence-electron chi connectivity index (χ2n) is 4.49. The summed E-state index contributed by atoms with van der Waals surface area (Å²) in [4.78, 5) is 6.72. The summed E-state index contributed by atoms with van der Waals surface area (Å²) in [5, 5.41) is 3.07. The zero-order valence-corrected chi connectivity index (χ0v) is 9.66. The summed E-state index contributed by atoms with van der Waals surface area (Å²) < 4.78 is 5.49. The van der Waals surface area contributed by atoms with Crippen LogP contribution < -0.4 is 10.2 Å². The molecule has 84 valence electrons. The van der Waals surface area contributed by atoms with E-state index in [0.717, 1.165) is 30.7 Å². The Morgan fingerprint density at radius 3 is 3.00 bits per heavy atom. The van der Waals surface area contributed by atoms with Gasteiger partial charge in [-0.1, -0.05) is 6.92 Å². The van der Waals surface area contributed by atoms with Crippen LogP contribution in [0.25, 0.3) is 0 Å². The third-order valence-corrected chi connectivity index (χ3v) is 2.93. The topological polar surface area (TPSA) is 41.3 Å². The van der Waals surface area contributed by atoms with Crippen LogP contribution in [0.4, 0.5) is 6.01 Å². The van der Waals surface area contributed by atoms with Gasteiger partial charge in [0, 0.05) is 19.1 Å². The first kappa shape index (κ1) is 10.5. The van der Waals surface area contributed by atoms with Crippen LogP contribution in [0.2, 0.25) is 0 Å². The van der Waals surface area contributed by atoms with Crippen molar-refractivity contribution in [3.8, 4) is 0 Å². The van der Waals surface area contributed by atoms with E-state index >= 15 is 0 Å². The zero-order valence-electron chi connectivity index (χ0n) is 9.66. The smallest absolute Gasteiger partial charge is 0.297 e. The SMILES string of the molecule is CNCc1coc(N2CC(C)CC2C)n1. The normalized spacial score (nSPS) is 26.2. The summed E-state index contributed by atoms with van der Waals surface area (Å²) in [6.07, 6.45) is 2.96. The van der Waals surface area contributed by atoms with E-state index in [1.165, 1.54) is 6.42 Å². The molecule has 1 N–H and O–H groups in total. The fourth-order valence-electron chi connectivity index (χ4n) is 2.26. The van der Waals surface area contributed by atoms with Crippen molar-refractivity contribution in [1.82, 2.24) is 10.3 Å². The van der Waals surface area contributed by atoms with Gasteiger partial charge in [-0.25, -0.2) is 0 Å². The summed E-state index contributed by atoms with van der Waals surface area (Å²) in [7, 11) is 1.91. The van der Waals surface area contributed by atoms with Gasteiger partial charge in [0.25, 0.3) is 6.01 Å². The van der Waals surface area contributed by atoms with Crippen LogP contribution >= 0.6 is 0 Å². The largest absolute Gasteiger partial charge is 0.432 e. The van der Waals surface area contributed by atoms with Crippen LogP contribution in [-0.2, 0) is 6.54 Å². The van der Waals surface area contributed by atoms with Gasteiger partial charge in [-0.2, -0.15) is 4.98 Å². The van der Waals surface area contributed by atoms with Crippen LogP contribution in [0.15, 0.2) is 10.7 Å². The molecule has 1 aromatic rings. The summed E-state index contributed by atoms with van der Waals surface area (Å²) in [6.45, 7) is 6.32. The molecule has 2 rings (SSSR count). The van der Waals surface area contributed by atoms with E-state index in [1.54, 1.807) is 6.26 Å². The molecule has 0 aliphatic carbocycles. The van der Waals surface area contributed by atoms with Gasteiger partial charge in [-0.05, 0) is 26.3 Å². The molecule has 4 heteroatoms. The van der Waals surface area contributed by atoms with E-state index in [-0.39, 0.29) is 0 Å². The van der Waals surface area contributed by atoms with Gasteiger partial charge >= 0.3 is 0 Å². The van der Waals surface area contributed by atoms with Crippen molar-refractivity contribution in [2.45, 2.75) is 32.9 Å². The fraction of sp³-hybridized carbons (Fsp3) is 0.727. The van der Waals surface area contributed by atoms with E-state index in [9.17, 15) is 0 Å². The molecule has 1 aliphatic heterocycles. The maximum Gasteiger partial charge on any atom is 0.297 e. The van der Waals surface area contributed by atoms with Crippen molar-refractivity contribution in [2.75, 3.05) is 18.5 Å². The highest BCUT2D eigenvalue weighted by Crippen LogP contribution is 2.27. The molecule has 0 amide bonds. The average molecular weight is 209 g/mol. The molecular formula is C11H19N3O. The van der Waals surface area contributed by atoms with Crippen molar-refractivity contribution in [1.29, 1.82) is 0 Å². The number of nitrogens with one attached hydrogen (secondary N) is 1. The van der Waals surface area contributed by atoms with E-state index in [2.05, 4.69) is 29.0 Å². The molecule has 0 bridgehead atoms. The summed E-state index contributed by atoms with van der Waals surface area (Å²) >= 11 is 0. The van der Waals surface area contributed by atoms with Crippen molar-refractivity contribution < 1.29 is 4.42 Å². The monoisotopic (exact) mass is 209 g/mol. The Balaban J connectivity index is 2.08. The first-order valence-electron chi connectivity index (χ1n) is 5.56. The molecule has 1 aliphatic rings. The van der Waals surface area contributed by atoms with E-state index < -0.39 is 0 Å². The van der Waals surface area contributed by atoms with Crippen LogP contribution in [0, 0.1) is 5.92 Å². The molecule has 2 unspecified atom stereocenters. The van der Waals surface area contributed by atoms with E-state index in [1.807, 2.05) is 7.05 Å². The molecule has 2 heterocycles. The van der Waals surface area contributed by atoms with Gasteiger partial charge in [0.15, 0.2) is 0 Å². The molecule has 1 aromatic heterocycles. The Morgan fingerprint density at radius 1 is 1.60 bits per heavy atom. The van der Waals surface area contributed by atoms with Crippen molar-refractivity contribution in [2.24, 2.45) is 5.92 Å². The molecular weight excluding hydrogens is 190 g/mol. The highest BCUT2D eigenvalue weighted by atomic mass is 16.4. The van der Waals surface area contributed by atoms with Crippen LogP contribution in [0.5, 0.6) is 0 Å². The minimum atomic E-state index is 0.543. The molecule has 0 saturated carbocycles. The second-order valence-corrected chi connectivity index (χ2v) is 4.49. The van der Waals surface area contributed by atoms with Gasteiger partial charge < -0.3 is 14.6 Å². The molecule has 15 heavy (non-hydrogen) atoms. The number of aromatic nitrogens is 1. The van der Waals surface area contributed by atoms with Crippen molar-refractivity contribution in [3.63, 3.8) is 0 Å². The van der Waals surface area contributed by atoms with Crippen LogP contribution in [0.1, 0.15) is 26.0 Å². The number of anilines is 1. The molecule has 1 saturated heterocycles. The first-order chi connectivity index (χ1) is 7.20. The predicted molar refractivity (Wildman–Crippen MR) is 59.9 cm³/mol. The standard InChI is InChI=1S/C11H19N3O/c1-8-4-9(2)14(6-8)11-13-10(5-12-3)7-15-11/h7-9,12H,4-6H2,1-3H3. The minimum Gasteiger partial charge on any atom is -0.432 e. The Morgan fingerprint density at radius 2 is 2.40 bits per heavy atom. The lowest BCUT2D eigenvalue weighted by molar-refractivity contribution is 0.528. The Hall–Kier alpha value is -1.03. The fourth-order valence-corrected chi connectivity index (χ4v) is 2.26. The highest BCUT2D eigenvalue weighted by molar-refractivity contribution is 5.31. The third-order valence-electron chi connectivity index (χ3n) is 2.93. The maximum atomic E-state index is 5.49. The summed E-state index contributed by atoms with van der Waals surface area (Å²) in [5.74, 6) is 0.736.